The number of carbonyl (C=O) groups excluding carboxylic acids is 1. The fourth-order valence-electron chi connectivity index (χ4n) is 2.53. The number of carbonyl (C=O) groups is 1. The van der Waals surface area contributed by atoms with E-state index in [2.05, 4.69) is 35.4 Å². The normalized spacial score (nSPS) is 11.1. The number of benzene rings is 2. The molecule has 27 heavy (non-hydrogen) atoms. The number of anilines is 1. The van der Waals surface area contributed by atoms with Crippen LogP contribution in [0.2, 0.25) is 5.02 Å². The Balaban J connectivity index is 1.71. The summed E-state index contributed by atoms with van der Waals surface area (Å²) in [5.41, 5.74) is 2.98. The molecule has 0 saturated heterocycles. The van der Waals surface area contributed by atoms with Crippen LogP contribution in [0.4, 0.5) is 5.13 Å². The van der Waals surface area contributed by atoms with Crippen LogP contribution in [0.3, 0.4) is 0 Å². The van der Waals surface area contributed by atoms with Crippen LogP contribution in [0.15, 0.2) is 60.3 Å². The van der Waals surface area contributed by atoms with Crippen molar-refractivity contribution < 1.29 is 4.79 Å². The average molecular weight is 394 g/mol. The molecule has 1 aromatic heterocycles. The molecule has 0 aliphatic heterocycles. The first-order valence-corrected chi connectivity index (χ1v) is 9.42. The first-order valence-electron chi connectivity index (χ1n) is 8.23. The van der Waals surface area contributed by atoms with Gasteiger partial charge in [-0.15, -0.1) is 11.3 Å². The van der Waals surface area contributed by atoms with Crippen molar-refractivity contribution in [2.24, 2.45) is 0 Å². The third-order valence-electron chi connectivity index (χ3n) is 3.81. The second-order valence-corrected chi connectivity index (χ2v) is 7.47. The number of rotatable bonds is 5. The molecule has 1 N–H and O–H groups in total. The van der Waals surface area contributed by atoms with Crippen LogP contribution in [0.1, 0.15) is 21.6 Å². The van der Waals surface area contributed by atoms with Crippen molar-refractivity contribution in [3.63, 3.8) is 0 Å². The Kier molecular flexibility index (Phi) is 6.02. The summed E-state index contributed by atoms with van der Waals surface area (Å²) in [6.45, 7) is 2.05. The fourth-order valence-corrected chi connectivity index (χ4v) is 3.56. The van der Waals surface area contributed by atoms with E-state index in [4.69, 9.17) is 11.6 Å². The third-order valence-corrected chi connectivity index (χ3v) is 5.06. The van der Waals surface area contributed by atoms with Crippen LogP contribution in [-0.4, -0.2) is 10.9 Å². The Bertz CT molecular complexity index is 1050. The molecule has 4 nitrogen and oxygen atoms in total. The second kappa shape index (κ2) is 8.63. The van der Waals surface area contributed by atoms with Crippen LogP contribution in [0.25, 0.3) is 6.08 Å². The molecule has 134 valence electrons. The van der Waals surface area contributed by atoms with E-state index < -0.39 is 5.91 Å². The summed E-state index contributed by atoms with van der Waals surface area (Å²) in [7, 11) is 0. The predicted octanol–water partition coefficient (Wildman–Crippen LogP) is 5.24. The van der Waals surface area contributed by atoms with Gasteiger partial charge in [-0.1, -0.05) is 59.6 Å². The molecule has 3 rings (SSSR count). The SMILES string of the molecule is Cc1cccc(Cc2cnc(NC(=O)/C(C#N)=C/c3ccccc3Cl)s2)c1. The van der Waals surface area contributed by atoms with Gasteiger partial charge in [0.25, 0.3) is 5.91 Å². The highest BCUT2D eigenvalue weighted by atomic mass is 35.5. The van der Waals surface area contributed by atoms with E-state index in [1.807, 2.05) is 12.1 Å². The molecule has 6 heteroatoms. The zero-order valence-electron chi connectivity index (χ0n) is 14.6. The van der Waals surface area contributed by atoms with Gasteiger partial charge >= 0.3 is 0 Å². The van der Waals surface area contributed by atoms with Crippen LogP contribution in [-0.2, 0) is 11.2 Å². The van der Waals surface area contributed by atoms with Crippen molar-refractivity contribution >= 4 is 40.1 Å². The summed E-state index contributed by atoms with van der Waals surface area (Å²) in [5.74, 6) is -0.506. The van der Waals surface area contributed by atoms with Crippen molar-refractivity contribution in [3.8, 4) is 6.07 Å². The molecule has 0 atom stereocenters. The average Bonchev–Trinajstić information content (AvgIpc) is 3.07. The monoisotopic (exact) mass is 393 g/mol. The molecule has 0 aliphatic rings. The summed E-state index contributed by atoms with van der Waals surface area (Å²) in [5, 5.41) is 12.9. The molecule has 2 aromatic carbocycles. The van der Waals surface area contributed by atoms with Crippen LogP contribution in [0, 0.1) is 18.3 Å². The Morgan fingerprint density at radius 2 is 2.11 bits per heavy atom. The summed E-state index contributed by atoms with van der Waals surface area (Å²) in [4.78, 5) is 17.7. The van der Waals surface area contributed by atoms with Gasteiger partial charge in [0, 0.05) is 22.5 Å². The highest BCUT2D eigenvalue weighted by molar-refractivity contribution is 7.15. The maximum atomic E-state index is 12.4. The minimum atomic E-state index is -0.506. The molecule has 0 radical (unpaired) electrons. The van der Waals surface area contributed by atoms with Gasteiger partial charge in [-0.25, -0.2) is 4.98 Å². The minimum Gasteiger partial charge on any atom is -0.297 e. The molecule has 0 fully saturated rings. The molecule has 0 spiro atoms. The lowest BCUT2D eigenvalue weighted by Gasteiger charge is -2.02. The second-order valence-electron chi connectivity index (χ2n) is 5.94. The largest absolute Gasteiger partial charge is 0.297 e. The van der Waals surface area contributed by atoms with E-state index in [1.165, 1.54) is 28.5 Å². The van der Waals surface area contributed by atoms with Crippen LogP contribution in [0.5, 0.6) is 0 Å². The lowest BCUT2D eigenvalue weighted by atomic mass is 10.1. The van der Waals surface area contributed by atoms with E-state index in [0.717, 1.165) is 11.3 Å². The van der Waals surface area contributed by atoms with Crippen LogP contribution < -0.4 is 5.32 Å². The van der Waals surface area contributed by atoms with E-state index in [9.17, 15) is 10.1 Å². The van der Waals surface area contributed by atoms with Gasteiger partial charge < -0.3 is 0 Å². The van der Waals surface area contributed by atoms with Crippen molar-refractivity contribution in [1.82, 2.24) is 4.98 Å². The first-order chi connectivity index (χ1) is 13.0. The molecule has 3 aromatic rings. The van der Waals surface area contributed by atoms with Crippen molar-refractivity contribution in [2.75, 3.05) is 5.32 Å². The molecular weight excluding hydrogens is 378 g/mol. The first kappa shape index (κ1) is 18.8. The number of nitrogens with zero attached hydrogens (tertiary/aromatic N) is 2. The molecule has 0 aliphatic carbocycles. The maximum absolute atomic E-state index is 12.4. The fraction of sp³-hybridized carbons (Fsp3) is 0.0952. The molecular formula is C21H16ClN3OS. The lowest BCUT2D eigenvalue weighted by Crippen LogP contribution is -2.13. The van der Waals surface area contributed by atoms with Gasteiger partial charge in [0.15, 0.2) is 5.13 Å². The highest BCUT2D eigenvalue weighted by Gasteiger charge is 2.13. The predicted molar refractivity (Wildman–Crippen MR) is 110 cm³/mol. The zero-order valence-corrected chi connectivity index (χ0v) is 16.1. The summed E-state index contributed by atoms with van der Waals surface area (Å²) >= 11 is 7.48. The third kappa shape index (κ3) is 5.04. The number of hydrogen-bond acceptors (Lipinski definition) is 4. The molecule has 1 amide bonds. The number of nitriles is 1. The number of amides is 1. The van der Waals surface area contributed by atoms with Crippen molar-refractivity contribution in [1.29, 1.82) is 5.26 Å². The quantitative estimate of drug-likeness (QED) is 0.476. The van der Waals surface area contributed by atoms with E-state index in [1.54, 1.807) is 30.5 Å². The molecule has 0 bridgehead atoms. The van der Waals surface area contributed by atoms with Gasteiger partial charge in [-0.3, -0.25) is 10.1 Å². The minimum absolute atomic E-state index is 0.0291. The molecule has 0 saturated carbocycles. The highest BCUT2D eigenvalue weighted by Crippen LogP contribution is 2.23. The zero-order chi connectivity index (χ0) is 19.2. The van der Waals surface area contributed by atoms with Crippen molar-refractivity contribution in [3.05, 3.63) is 86.9 Å². The number of nitrogens with one attached hydrogen (secondary N) is 1. The number of aryl methyl sites for hydroxylation is 1. The van der Waals surface area contributed by atoms with E-state index in [0.29, 0.717) is 15.7 Å². The number of halogens is 1. The topological polar surface area (TPSA) is 65.8 Å². The van der Waals surface area contributed by atoms with Gasteiger partial charge in [0.1, 0.15) is 11.6 Å². The smallest absolute Gasteiger partial charge is 0.268 e. The standard InChI is InChI=1S/C21H16ClN3OS/c1-14-5-4-6-15(9-14)10-18-13-24-21(27-18)25-20(26)17(12-23)11-16-7-2-3-8-19(16)22/h2-9,11,13H,10H2,1H3,(H,24,25,26)/b17-11+. The number of thiazole rings is 1. The molecule has 0 unspecified atom stereocenters. The Morgan fingerprint density at radius 1 is 1.30 bits per heavy atom. The van der Waals surface area contributed by atoms with Gasteiger partial charge in [0.05, 0.1) is 0 Å². The van der Waals surface area contributed by atoms with Gasteiger partial charge in [0.2, 0.25) is 0 Å². The van der Waals surface area contributed by atoms with Gasteiger partial charge in [-0.2, -0.15) is 5.26 Å². The Morgan fingerprint density at radius 3 is 2.85 bits per heavy atom. The number of aromatic nitrogens is 1. The van der Waals surface area contributed by atoms with Crippen molar-refractivity contribution in [2.45, 2.75) is 13.3 Å². The summed E-state index contributed by atoms with van der Waals surface area (Å²) in [6.07, 6.45) is 3.96. The van der Waals surface area contributed by atoms with Gasteiger partial charge in [-0.05, 0) is 30.2 Å². The number of hydrogen-bond donors (Lipinski definition) is 1. The lowest BCUT2D eigenvalue weighted by molar-refractivity contribution is -0.112. The maximum Gasteiger partial charge on any atom is 0.268 e. The van der Waals surface area contributed by atoms with E-state index >= 15 is 0 Å². The Labute approximate surface area is 166 Å². The van der Waals surface area contributed by atoms with Crippen LogP contribution >= 0.6 is 22.9 Å². The summed E-state index contributed by atoms with van der Waals surface area (Å²) in [6, 6.07) is 17.2. The summed E-state index contributed by atoms with van der Waals surface area (Å²) < 4.78 is 0. The Hall–Kier alpha value is -2.94. The van der Waals surface area contributed by atoms with E-state index in [-0.39, 0.29) is 5.57 Å². The molecule has 1 heterocycles.